The Morgan fingerprint density at radius 2 is 0.854 bits per heavy atom. The molecule has 0 amide bonds. The summed E-state index contributed by atoms with van der Waals surface area (Å²) in [6, 6.07) is 63.7. The molecule has 0 bridgehead atoms. The average Bonchev–Trinajstić information content (AvgIpc) is 3.18. The summed E-state index contributed by atoms with van der Waals surface area (Å²) in [6.07, 6.45) is 4.69. The summed E-state index contributed by atoms with van der Waals surface area (Å²) >= 11 is 0. The van der Waals surface area contributed by atoms with Crippen molar-refractivity contribution in [2.45, 2.75) is 0 Å². The molecule has 2 aliphatic rings. The lowest BCUT2D eigenvalue weighted by Crippen LogP contribution is -2.49. The number of allylic oxidation sites excluding steroid dienone is 2. The fourth-order valence-electron chi connectivity index (χ4n) is 7.34. The largest absolute Gasteiger partial charge is 0.382 e. The summed E-state index contributed by atoms with van der Waals surface area (Å²) in [5.74, 6) is 2.39. The molecule has 7 aromatic carbocycles. The summed E-state index contributed by atoms with van der Waals surface area (Å²) in [7, 11) is 0. The molecule has 0 aromatic heterocycles. The van der Waals surface area contributed by atoms with Crippen LogP contribution in [0.1, 0.15) is 5.56 Å². The number of benzene rings is 7. The molecule has 2 heteroatoms. The Balaban J connectivity index is 1.23. The third-order valence-electron chi connectivity index (χ3n) is 9.65. The van der Waals surface area contributed by atoms with E-state index in [-0.39, 0.29) is 6.85 Å². The van der Waals surface area contributed by atoms with Gasteiger partial charge in [-0.15, -0.1) is 0 Å². The van der Waals surface area contributed by atoms with Gasteiger partial charge in [-0.2, -0.15) is 0 Å². The summed E-state index contributed by atoms with van der Waals surface area (Å²) < 4.78 is 0. The standard InChI is InChI=1S/C46H32BN/c1-5-15-33(16-6-1)38-27-39(34-17-7-2-8-18-34)29-40(28-38)37-25-26-47-44-31-41(35-19-9-3-10-20-35)30-43(36-21-11-4-12-22-36)46(44)42-23-13-14-24-45(42)48(47)32-37/h1-32H. The highest BCUT2D eigenvalue weighted by Crippen LogP contribution is 2.44. The Morgan fingerprint density at radius 3 is 1.44 bits per heavy atom. The average molecular weight is 610 g/mol. The first kappa shape index (κ1) is 28.1. The third-order valence-corrected chi connectivity index (χ3v) is 9.65. The number of para-hydroxylation sites is 1. The van der Waals surface area contributed by atoms with Crippen LogP contribution in [0.2, 0.25) is 0 Å². The molecular formula is C46H32BN. The maximum atomic E-state index is 2.48. The number of anilines is 1. The molecule has 7 aromatic rings. The van der Waals surface area contributed by atoms with Crippen molar-refractivity contribution in [3.8, 4) is 55.6 Å². The van der Waals surface area contributed by atoms with Crippen molar-refractivity contribution < 1.29 is 0 Å². The highest BCUT2D eigenvalue weighted by atomic mass is 15.1. The smallest absolute Gasteiger partial charge is 0.320 e. The van der Waals surface area contributed by atoms with Crippen LogP contribution in [0.3, 0.4) is 0 Å². The van der Waals surface area contributed by atoms with E-state index < -0.39 is 0 Å². The van der Waals surface area contributed by atoms with Crippen molar-refractivity contribution in [3.05, 3.63) is 200 Å². The van der Waals surface area contributed by atoms with Gasteiger partial charge in [0.1, 0.15) is 0 Å². The molecule has 224 valence electrons. The lowest BCUT2D eigenvalue weighted by molar-refractivity contribution is 1.36. The topological polar surface area (TPSA) is 3.24 Å². The minimum atomic E-state index is 0.0654. The van der Waals surface area contributed by atoms with Gasteiger partial charge in [0.25, 0.3) is 0 Å². The Bertz CT molecular complexity index is 2270. The number of fused-ring (bicyclic) bond motifs is 6. The molecule has 2 aliphatic heterocycles. The second-order valence-electron chi connectivity index (χ2n) is 12.6. The lowest BCUT2D eigenvalue weighted by atomic mass is 9.48. The van der Waals surface area contributed by atoms with E-state index in [2.05, 4.69) is 199 Å². The minimum absolute atomic E-state index is 0.0654. The van der Waals surface area contributed by atoms with E-state index in [0.717, 1.165) is 0 Å². The maximum Gasteiger partial charge on any atom is 0.320 e. The molecule has 0 saturated heterocycles. The fourth-order valence-corrected chi connectivity index (χ4v) is 7.34. The predicted molar refractivity (Wildman–Crippen MR) is 205 cm³/mol. The van der Waals surface area contributed by atoms with Gasteiger partial charge in [0.05, 0.1) is 0 Å². The molecule has 2 heterocycles. The molecule has 0 N–H and O–H groups in total. The van der Waals surface area contributed by atoms with Crippen LogP contribution >= 0.6 is 0 Å². The van der Waals surface area contributed by atoms with Crippen LogP contribution in [0, 0.1) is 0 Å². The zero-order valence-electron chi connectivity index (χ0n) is 26.5. The van der Waals surface area contributed by atoms with Gasteiger partial charge < -0.3 is 4.81 Å². The van der Waals surface area contributed by atoms with E-state index in [9.17, 15) is 0 Å². The maximum absolute atomic E-state index is 2.48. The second-order valence-corrected chi connectivity index (χ2v) is 12.6. The molecule has 0 unspecified atom stereocenters. The molecule has 0 saturated carbocycles. The molecule has 0 fully saturated rings. The van der Waals surface area contributed by atoms with Crippen LogP contribution in [-0.2, 0) is 0 Å². The summed E-state index contributed by atoms with van der Waals surface area (Å²) in [5, 5.41) is 0. The number of hydrogen-bond acceptors (Lipinski definition) is 1. The summed E-state index contributed by atoms with van der Waals surface area (Å²) in [4.78, 5) is 2.48. The third kappa shape index (κ3) is 4.99. The second kappa shape index (κ2) is 11.9. The summed E-state index contributed by atoms with van der Waals surface area (Å²) in [6.45, 7) is 0.0654. The Hall–Kier alpha value is -6.12. The van der Waals surface area contributed by atoms with Crippen molar-refractivity contribution >= 4 is 23.6 Å². The molecule has 48 heavy (non-hydrogen) atoms. The molecule has 0 radical (unpaired) electrons. The number of nitrogens with zero attached hydrogens (tertiary/aromatic N) is 1. The van der Waals surface area contributed by atoms with Crippen LogP contribution in [0.25, 0.3) is 61.2 Å². The van der Waals surface area contributed by atoms with Gasteiger partial charge in [-0.05, 0) is 103 Å². The Labute approximate surface area is 282 Å². The first-order valence-corrected chi connectivity index (χ1v) is 16.6. The van der Waals surface area contributed by atoms with Crippen LogP contribution in [0.4, 0.5) is 5.69 Å². The summed E-state index contributed by atoms with van der Waals surface area (Å²) in [5.41, 5.74) is 17.4. The molecule has 9 rings (SSSR count). The van der Waals surface area contributed by atoms with Crippen LogP contribution in [0.15, 0.2) is 194 Å². The van der Waals surface area contributed by atoms with Gasteiger partial charge >= 0.3 is 6.85 Å². The van der Waals surface area contributed by atoms with E-state index >= 15 is 0 Å². The Morgan fingerprint density at radius 1 is 0.375 bits per heavy atom. The van der Waals surface area contributed by atoms with Crippen molar-refractivity contribution in [1.82, 2.24) is 0 Å². The lowest BCUT2D eigenvalue weighted by Gasteiger charge is -2.38. The normalized spacial score (nSPS) is 13.0. The highest BCUT2D eigenvalue weighted by molar-refractivity contribution is 6.84. The van der Waals surface area contributed by atoms with Crippen molar-refractivity contribution in [2.75, 3.05) is 4.81 Å². The van der Waals surface area contributed by atoms with Gasteiger partial charge in [0.2, 0.25) is 0 Å². The monoisotopic (exact) mass is 609 g/mol. The van der Waals surface area contributed by atoms with Gasteiger partial charge in [-0.1, -0.05) is 158 Å². The number of rotatable bonds is 5. The van der Waals surface area contributed by atoms with E-state index in [4.69, 9.17) is 0 Å². The van der Waals surface area contributed by atoms with Crippen LogP contribution < -0.4 is 10.3 Å². The number of hydrogen-bond donors (Lipinski definition) is 0. The zero-order valence-corrected chi connectivity index (χ0v) is 26.5. The predicted octanol–water partition coefficient (Wildman–Crippen LogP) is 11.2. The fraction of sp³-hybridized carbons (Fsp3) is 0. The van der Waals surface area contributed by atoms with E-state index in [0.29, 0.717) is 0 Å². The van der Waals surface area contributed by atoms with Gasteiger partial charge in [-0.25, -0.2) is 0 Å². The molecule has 0 aliphatic carbocycles. The molecular weight excluding hydrogens is 577 g/mol. The van der Waals surface area contributed by atoms with Crippen LogP contribution in [-0.4, -0.2) is 6.85 Å². The first-order valence-electron chi connectivity index (χ1n) is 16.6. The van der Waals surface area contributed by atoms with E-state index in [1.54, 1.807) is 0 Å². The van der Waals surface area contributed by atoms with Crippen molar-refractivity contribution in [2.24, 2.45) is 0 Å². The van der Waals surface area contributed by atoms with Crippen molar-refractivity contribution in [1.29, 1.82) is 0 Å². The SMILES string of the molecule is C1=CC(c2cc(-c3ccccc3)cc(-c3ccccc3)c2)=CN2B1c1cc(-c3ccccc3)cc(-c3ccccc3)c1-c1ccccc12. The molecule has 0 spiro atoms. The minimum Gasteiger partial charge on any atom is -0.382 e. The molecule has 1 nitrogen and oxygen atoms in total. The molecule has 0 atom stereocenters. The highest BCUT2D eigenvalue weighted by Gasteiger charge is 2.36. The van der Waals surface area contributed by atoms with Gasteiger partial charge in [0.15, 0.2) is 0 Å². The Kier molecular flexibility index (Phi) is 6.98. The van der Waals surface area contributed by atoms with Gasteiger partial charge in [0, 0.05) is 11.3 Å². The van der Waals surface area contributed by atoms with E-state index in [1.807, 2.05) is 0 Å². The van der Waals surface area contributed by atoms with E-state index in [1.165, 1.54) is 77.9 Å². The quantitative estimate of drug-likeness (QED) is 0.176. The first-order chi connectivity index (χ1) is 23.8. The zero-order chi connectivity index (χ0) is 31.9. The van der Waals surface area contributed by atoms with Crippen molar-refractivity contribution in [3.63, 3.8) is 0 Å². The van der Waals surface area contributed by atoms with Gasteiger partial charge in [-0.3, -0.25) is 0 Å². The van der Waals surface area contributed by atoms with Crippen LogP contribution in [0.5, 0.6) is 0 Å².